The van der Waals surface area contributed by atoms with Gasteiger partial charge < -0.3 is 5.73 Å². The zero-order valence-electron chi connectivity index (χ0n) is 10.1. The van der Waals surface area contributed by atoms with Crippen molar-refractivity contribution < 1.29 is 4.39 Å². The summed E-state index contributed by atoms with van der Waals surface area (Å²) in [4.78, 5) is 4.84. The first-order valence-corrected chi connectivity index (χ1v) is 6.71. The van der Waals surface area contributed by atoms with Gasteiger partial charge in [-0.25, -0.2) is 4.39 Å². The van der Waals surface area contributed by atoms with Gasteiger partial charge in [0.05, 0.1) is 0 Å². The normalized spacial score (nSPS) is 12.4. The Morgan fingerprint density at radius 2 is 2.06 bits per heavy atom. The number of aryl methyl sites for hydroxylation is 1. The zero-order chi connectivity index (χ0) is 13.0. The minimum absolute atomic E-state index is 0.136. The molecule has 0 aliphatic carbocycles. The standard InChI is InChI=1S/C14H15FN2S/c1-10-6-7-11(8-17-10)13(16)9-18-14-5-3-2-4-12(14)15/h2-8,13H,9,16H2,1H3. The van der Waals surface area contributed by atoms with Crippen molar-refractivity contribution in [3.8, 4) is 0 Å². The van der Waals surface area contributed by atoms with Gasteiger partial charge in [-0.2, -0.15) is 0 Å². The molecule has 0 radical (unpaired) electrons. The van der Waals surface area contributed by atoms with Gasteiger partial charge in [0.1, 0.15) is 5.82 Å². The summed E-state index contributed by atoms with van der Waals surface area (Å²) in [6, 6.07) is 10.5. The van der Waals surface area contributed by atoms with E-state index in [-0.39, 0.29) is 11.9 Å². The average Bonchev–Trinajstić information content (AvgIpc) is 2.38. The summed E-state index contributed by atoms with van der Waals surface area (Å²) >= 11 is 1.43. The van der Waals surface area contributed by atoms with E-state index in [4.69, 9.17) is 5.73 Å². The third-order valence-electron chi connectivity index (χ3n) is 2.62. The second-order valence-electron chi connectivity index (χ2n) is 4.08. The highest BCUT2D eigenvalue weighted by Crippen LogP contribution is 2.25. The SMILES string of the molecule is Cc1ccc(C(N)CSc2ccccc2F)cn1. The van der Waals surface area contributed by atoms with Gasteiger partial charge in [0.25, 0.3) is 0 Å². The summed E-state index contributed by atoms with van der Waals surface area (Å²) in [6.07, 6.45) is 1.78. The number of pyridine rings is 1. The zero-order valence-corrected chi connectivity index (χ0v) is 11.0. The summed E-state index contributed by atoms with van der Waals surface area (Å²) < 4.78 is 13.4. The van der Waals surface area contributed by atoms with E-state index in [0.717, 1.165) is 11.3 Å². The Kier molecular flexibility index (Phi) is 4.33. The van der Waals surface area contributed by atoms with Crippen LogP contribution < -0.4 is 5.73 Å². The van der Waals surface area contributed by atoms with Crippen LogP contribution in [0.5, 0.6) is 0 Å². The topological polar surface area (TPSA) is 38.9 Å². The van der Waals surface area contributed by atoms with Crippen molar-refractivity contribution in [1.29, 1.82) is 0 Å². The van der Waals surface area contributed by atoms with Crippen molar-refractivity contribution >= 4 is 11.8 Å². The number of rotatable bonds is 4. The second kappa shape index (κ2) is 5.98. The molecule has 0 fully saturated rings. The van der Waals surface area contributed by atoms with Crippen molar-refractivity contribution in [2.24, 2.45) is 5.73 Å². The van der Waals surface area contributed by atoms with Gasteiger partial charge in [-0.15, -0.1) is 11.8 Å². The Hall–Kier alpha value is -1.39. The second-order valence-corrected chi connectivity index (χ2v) is 5.14. The lowest BCUT2D eigenvalue weighted by Gasteiger charge is -2.11. The van der Waals surface area contributed by atoms with E-state index in [1.807, 2.05) is 25.1 Å². The van der Waals surface area contributed by atoms with E-state index in [1.165, 1.54) is 17.8 Å². The molecule has 2 N–H and O–H groups in total. The van der Waals surface area contributed by atoms with E-state index >= 15 is 0 Å². The van der Waals surface area contributed by atoms with E-state index in [9.17, 15) is 4.39 Å². The molecule has 0 aliphatic heterocycles. The van der Waals surface area contributed by atoms with E-state index in [1.54, 1.807) is 18.3 Å². The summed E-state index contributed by atoms with van der Waals surface area (Å²) in [5.41, 5.74) is 8.00. The predicted molar refractivity (Wildman–Crippen MR) is 73.0 cm³/mol. The van der Waals surface area contributed by atoms with Gasteiger partial charge in [0.2, 0.25) is 0 Å². The number of hydrogen-bond donors (Lipinski definition) is 1. The number of hydrogen-bond acceptors (Lipinski definition) is 3. The molecule has 18 heavy (non-hydrogen) atoms. The minimum atomic E-state index is -0.197. The molecule has 0 bridgehead atoms. The van der Waals surface area contributed by atoms with Gasteiger partial charge in [0, 0.05) is 28.6 Å². The van der Waals surface area contributed by atoms with Crippen LogP contribution in [0, 0.1) is 12.7 Å². The number of nitrogens with two attached hydrogens (primary N) is 1. The van der Waals surface area contributed by atoms with Crippen LogP contribution in [0.1, 0.15) is 17.3 Å². The van der Waals surface area contributed by atoms with Crippen molar-refractivity contribution in [2.75, 3.05) is 5.75 Å². The van der Waals surface area contributed by atoms with Crippen LogP contribution >= 0.6 is 11.8 Å². The van der Waals surface area contributed by atoms with Crippen LogP contribution in [0.3, 0.4) is 0 Å². The maximum Gasteiger partial charge on any atom is 0.136 e. The van der Waals surface area contributed by atoms with Crippen molar-refractivity contribution in [1.82, 2.24) is 4.98 Å². The smallest absolute Gasteiger partial charge is 0.136 e. The molecule has 1 atom stereocenters. The van der Waals surface area contributed by atoms with E-state index < -0.39 is 0 Å². The molecule has 94 valence electrons. The molecule has 0 aliphatic rings. The lowest BCUT2D eigenvalue weighted by atomic mass is 10.1. The number of nitrogens with zero attached hydrogens (tertiary/aromatic N) is 1. The molecule has 1 unspecified atom stereocenters. The van der Waals surface area contributed by atoms with Crippen molar-refractivity contribution in [3.05, 3.63) is 59.7 Å². The first-order chi connectivity index (χ1) is 8.66. The molecular weight excluding hydrogens is 247 g/mol. The van der Waals surface area contributed by atoms with E-state index in [0.29, 0.717) is 10.6 Å². The fourth-order valence-corrected chi connectivity index (χ4v) is 2.47. The first-order valence-electron chi connectivity index (χ1n) is 5.72. The molecule has 1 heterocycles. The summed E-state index contributed by atoms with van der Waals surface area (Å²) in [6.45, 7) is 1.93. The van der Waals surface area contributed by atoms with Crippen LogP contribution in [0.15, 0.2) is 47.5 Å². The van der Waals surface area contributed by atoms with Crippen LogP contribution in [-0.4, -0.2) is 10.7 Å². The highest BCUT2D eigenvalue weighted by Gasteiger charge is 2.08. The monoisotopic (exact) mass is 262 g/mol. The van der Waals surface area contributed by atoms with E-state index in [2.05, 4.69) is 4.98 Å². The molecular formula is C14H15FN2S. The van der Waals surface area contributed by atoms with Gasteiger partial charge in [-0.05, 0) is 30.7 Å². The Morgan fingerprint density at radius 1 is 1.28 bits per heavy atom. The van der Waals surface area contributed by atoms with Gasteiger partial charge in [-0.3, -0.25) is 4.98 Å². The molecule has 0 spiro atoms. The molecule has 2 aromatic rings. The fourth-order valence-electron chi connectivity index (χ4n) is 1.54. The Balaban J connectivity index is 1.98. The quantitative estimate of drug-likeness (QED) is 0.859. The van der Waals surface area contributed by atoms with Crippen LogP contribution in [0.25, 0.3) is 0 Å². The van der Waals surface area contributed by atoms with Gasteiger partial charge in [-0.1, -0.05) is 18.2 Å². The molecule has 1 aromatic carbocycles. The molecule has 0 amide bonds. The van der Waals surface area contributed by atoms with Crippen LogP contribution in [0.4, 0.5) is 4.39 Å². The maximum absolute atomic E-state index is 13.4. The summed E-state index contributed by atoms with van der Waals surface area (Å²) in [5, 5.41) is 0. The maximum atomic E-state index is 13.4. The number of aromatic nitrogens is 1. The molecule has 0 saturated carbocycles. The Bertz CT molecular complexity index is 513. The van der Waals surface area contributed by atoms with Crippen molar-refractivity contribution in [3.63, 3.8) is 0 Å². The van der Waals surface area contributed by atoms with Crippen LogP contribution in [0.2, 0.25) is 0 Å². The molecule has 1 aromatic heterocycles. The lowest BCUT2D eigenvalue weighted by Crippen LogP contribution is -2.13. The number of halogens is 1. The number of thioether (sulfide) groups is 1. The summed E-state index contributed by atoms with van der Waals surface area (Å²) in [5.74, 6) is 0.433. The highest BCUT2D eigenvalue weighted by atomic mass is 32.2. The molecule has 0 saturated heterocycles. The third kappa shape index (κ3) is 3.31. The van der Waals surface area contributed by atoms with Gasteiger partial charge in [0.15, 0.2) is 0 Å². The Morgan fingerprint density at radius 3 is 2.72 bits per heavy atom. The predicted octanol–water partition coefficient (Wildman–Crippen LogP) is 3.32. The number of benzene rings is 1. The van der Waals surface area contributed by atoms with Crippen LogP contribution in [-0.2, 0) is 0 Å². The third-order valence-corrected chi connectivity index (χ3v) is 3.79. The summed E-state index contributed by atoms with van der Waals surface area (Å²) in [7, 11) is 0. The average molecular weight is 262 g/mol. The largest absolute Gasteiger partial charge is 0.323 e. The Labute approximate surface area is 110 Å². The van der Waals surface area contributed by atoms with Gasteiger partial charge >= 0.3 is 0 Å². The molecule has 4 heteroatoms. The molecule has 2 rings (SSSR count). The lowest BCUT2D eigenvalue weighted by molar-refractivity contribution is 0.602. The van der Waals surface area contributed by atoms with Crippen molar-refractivity contribution in [2.45, 2.75) is 17.9 Å². The highest BCUT2D eigenvalue weighted by molar-refractivity contribution is 7.99. The minimum Gasteiger partial charge on any atom is -0.323 e. The fraction of sp³-hybridized carbons (Fsp3) is 0.214. The first kappa shape index (κ1) is 13.1. The molecule has 2 nitrogen and oxygen atoms in total.